The normalized spacial score (nSPS) is 12.7. The third-order valence-corrected chi connectivity index (χ3v) is 3.65. The van der Waals surface area contributed by atoms with E-state index in [0.717, 1.165) is 32.1 Å². The predicted octanol–water partition coefficient (Wildman–Crippen LogP) is 6.41. The summed E-state index contributed by atoms with van der Waals surface area (Å²) < 4.78 is 0. The third-order valence-electron chi connectivity index (χ3n) is 3.65. The van der Waals surface area contributed by atoms with Gasteiger partial charge in [-0.3, -0.25) is 4.79 Å². The fraction of sp³-hybridized carbons (Fsp3) is 0.650. The SMILES string of the molecule is CC(C)=CCC/C(C)=C/CC/C(C)=C/CCC(=O)C(C)C. The Kier molecular flexibility index (Phi) is 10.9. The molecule has 1 nitrogen and oxygen atoms in total. The number of rotatable bonds is 10. The lowest BCUT2D eigenvalue weighted by Crippen LogP contribution is -2.05. The summed E-state index contributed by atoms with van der Waals surface area (Å²) in [5.74, 6) is 0.541. The molecular formula is C20H34O. The summed E-state index contributed by atoms with van der Waals surface area (Å²) in [6, 6.07) is 0. The number of allylic oxidation sites excluding steroid dienone is 6. The van der Waals surface area contributed by atoms with Crippen LogP contribution in [0, 0.1) is 5.92 Å². The molecule has 0 aromatic heterocycles. The molecule has 0 unspecified atom stereocenters. The molecule has 0 spiro atoms. The Morgan fingerprint density at radius 2 is 1.19 bits per heavy atom. The van der Waals surface area contributed by atoms with Crippen LogP contribution in [0.4, 0.5) is 0 Å². The van der Waals surface area contributed by atoms with Crippen LogP contribution in [-0.4, -0.2) is 5.78 Å². The second kappa shape index (κ2) is 11.5. The Morgan fingerprint density at radius 1 is 0.762 bits per heavy atom. The van der Waals surface area contributed by atoms with Crippen molar-refractivity contribution in [3.8, 4) is 0 Å². The van der Waals surface area contributed by atoms with E-state index in [9.17, 15) is 4.79 Å². The predicted molar refractivity (Wildman–Crippen MR) is 94.5 cm³/mol. The zero-order chi connectivity index (χ0) is 16.3. The Labute approximate surface area is 132 Å². The summed E-state index contributed by atoms with van der Waals surface area (Å²) in [5.41, 5.74) is 4.28. The van der Waals surface area contributed by atoms with E-state index in [2.05, 4.69) is 45.9 Å². The highest BCUT2D eigenvalue weighted by molar-refractivity contribution is 5.80. The highest BCUT2D eigenvalue weighted by Gasteiger charge is 2.04. The largest absolute Gasteiger partial charge is 0.299 e. The minimum absolute atomic E-state index is 0.171. The summed E-state index contributed by atoms with van der Waals surface area (Å²) in [5, 5.41) is 0. The molecule has 0 aliphatic rings. The van der Waals surface area contributed by atoms with Gasteiger partial charge in [0.1, 0.15) is 5.78 Å². The van der Waals surface area contributed by atoms with Crippen molar-refractivity contribution in [1.82, 2.24) is 0 Å². The lowest BCUT2D eigenvalue weighted by atomic mass is 10.0. The van der Waals surface area contributed by atoms with Crippen LogP contribution in [0.25, 0.3) is 0 Å². The lowest BCUT2D eigenvalue weighted by molar-refractivity contribution is -0.121. The van der Waals surface area contributed by atoms with Crippen molar-refractivity contribution >= 4 is 5.78 Å². The van der Waals surface area contributed by atoms with Gasteiger partial charge >= 0.3 is 0 Å². The minimum atomic E-state index is 0.171. The Hall–Kier alpha value is -1.11. The highest BCUT2D eigenvalue weighted by atomic mass is 16.1. The summed E-state index contributed by atoms with van der Waals surface area (Å²) in [7, 11) is 0. The van der Waals surface area contributed by atoms with Crippen molar-refractivity contribution in [3.05, 3.63) is 34.9 Å². The van der Waals surface area contributed by atoms with Crippen LogP contribution in [0.2, 0.25) is 0 Å². The molecule has 0 atom stereocenters. The highest BCUT2D eigenvalue weighted by Crippen LogP contribution is 2.12. The maximum Gasteiger partial charge on any atom is 0.135 e. The second-order valence-electron chi connectivity index (χ2n) is 6.62. The smallest absolute Gasteiger partial charge is 0.135 e. The second-order valence-corrected chi connectivity index (χ2v) is 6.62. The van der Waals surface area contributed by atoms with Crippen molar-refractivity contribution < 1.29 is 4.79 Å². The molecule has 0 aliphatic carbocycles. The summed E-state index contributed by atoms with van der Waals surface area (Å²) >= 11 is 0. The van der Waals surface area contributed by atoms with Gasteiger partial charge in [0, 0.05) is 12.3 Å². The molecule has 0 aliphatic heterocycles. The molecule has 0 saturated heterocycles. The molecule has 0 radical (unpaired) electrons. The van der Waals surface area contributed by atoms with Gasteiger partial charge in [-0.1, -0.05) is 48.8 Å². The number of carbonyl (C=O) groups is 1. The number of Topliss-reactive ketones (excluding diaryl/α,β-unsaturated/α-hetero) is 1. The van der Waals surface area contributed by atoms with Crippen LogP contribution >= 0.6 is 0 Å². The summed E-state index contributed by atoms with van der Waals surface area (Å²) in [6.07, 6.45) is 13.0. The maximum atomic E-state index is 11.5. The van der Waals surface area contributed by atoms with Crippen molar-refractivity contribution in [3.63, 3.8) is 0 Å². The molecule has 0 aromatic carbocycles. The molecule has 0 aromatic rings. The molecule has 1 heteroatoms. The Morgan fingerprint density at radius 3 is 1.62 bits per heavy atom. The number of hydrogen-bond acceptors (Lipinski definition) is 1. The van der Waals surface area contributed by atoms with Gasteiger partial charge < -0.3 is 0 Å². The van der Waals surface area contributed by atoms with Gasteiger partial charge in [-0.2, -0.15) is 0 Å². The van der Waals surface area contributed by atoms with Crippen molar-refractivity contribution in [2.45, 2.75) is 80.1 Å². The number of carbonyl (C=O) groups excluding carboxylic acids is 1. The minimum Gasteiger partial charge on any atom is -0.299 e. The van der Waals surface area contributed by atoms with E-state index in [1.807, 2.05) is 13.8 Å². The average Bonchev–Trinajstić information content (AvgIpc) is 2.37. The van der Waals surface area contributed by atoms with Gasteiger partial charge in [-0.05, 0) is 59.8 Å². The average molecular weight is 290 g/mol. The van der Waals surface area contributed by atoms with Crippen LogP contribution in [0.1, 0.15) is 80.1 Å². The van der Waals surface area contributed by atoms with Gasteiger partial charge in [0.15, 0.2) is 0 Å². The first-order chi connectivity index (χ1) is 9.82. The van der Waals surface area contributed by atoms with Crippen LogP contribution in [0.15, 0.2) is 34.9 Å². The fourth-order valence-corrected chi connectivity index (χ4v) is 2.09. The van der Waals surface area contributed by atoms with E-state index in [1.54, 1.807) is 0 Å². The van der Waals surface area contributed by atoms with E-state index in [0.29, 0.717) is 12.2 Å². The van der Waals surface area contributed by atoms with E-state index in [1.165, 1.54) is 16.7 Å². The monoisotopic (exact) mass is 290 g/mol. The molecule has 0 saturated carbocycles. The molecule has 0 amide bonds. The van der Waals surface area contributed by atoms with Crippen LogP contribution in [-0.2, 0) is 4.79 Å². The standard InChI is InChI=1S/C20H34O/c1-16(2)10-7-11-18(5)12-8-13-19(6)14-9-15-20(21)17(3)4/h10,12,14,17H,7-9,11,13,15H2,1-6H3/b18-12+,19-14+. The first-order valence-corrected chi connectivity index (χ1v) is 8.30. The topological polar surface area (TPSA) is 17.1 Å². The molecule has 21 heavy (non-hydrogen) atoms. The summed E-state index contributed by atoms with van der Waals surface area (Å²) in [4.78, 5) is 11.5. The van der Waals surface area contributed by atoms with Gasteiger partial charge in [0.05, 0.1) is 0 Å². The zero-order valence-corrected chi connectivity index (χ0v) is 15.0. The van der Waals surface area contributed by atoms with Crippen molar-refractivity contribution in [1.29, 1.82) is 0 Å². The third kappa shape index (κ3) is 12.3. The van der Waals surface area contributed by atoms with E-state index in [-0.39, 0.29) is 5.92 Å². The summed E-state index contributed by atoms with van der Waals surface area (Å²) in [6.45, 7) is 12.6. The van der Waals surface area contributed by atoms with E-state index in [4.69, 9.17) is 0 Å². The molecule has 0 heterocycles. The molecule has 0 rings (SSSR count). The first-order valence-electron chi connectivity index (χ1n) is 8.30. The van der Waals surface area contributed by atoms with E-state index < -0.39 is 0 Å². The Bertz CT molecular complexity index is 390. The molecule has 0 N–H and O–H groups in total. The van der Waals surface area contributed by atoms with Crippen LogP contribution < -0.4 is 0 Å². The molecule has 120 valence electrons. The van der Waals surface area contributed by atoms with Gasteiger partial charge in [-0.15, -0.1) is 0 Å². The van der Waals surface area contributed by atoms with Crippen molar-refractivity contribution in [2.75, 3.05) is 0 Å². The van der Waals surface area contributed by atoms with Gasteiger partial charge in [0.2, 0.25) is 0 Å². The maximum absolute atomic E-state index is 11.5. The zero-order valence-electron chi connectivity index (χ0n) is 15.0. The fourth-order valence-electron chi connectivity index (χ4n) is 2.09. The molecular weight excluding hydrogens is 256 g/mol. The lowest BCUT2D eigenvalue weighted by Gasteiger charge is -2.03. The first kappa shape index (κ1) is 19.9. The number of hydrogen-bond donors (Lipinski definition) is 0. The van der Waals surface area contributed by atoms with Crippen LogP contribution in [0.3, 0.4) is 0 Å². The Balaban J connectivity index is 3.93. The van der Waals surface area contributed by atoms with Gasteiger partial charge in [-0.25, -0.2) is 0 Å². The molecule has 0 fully saturated rings. The van der Waals surface area contributed by atoms with E-state index >= 15 is 0 Å². The van der Waals surface area contributed by atoms with Crippen molar-refractivity contribution in [2.24, 2.45) is 5.92 Å². The quantitative estimate of drug-likeness (QED) is 0.425. The molecule has 0 bridgehead atoms. The van der Waals surface area contributed by atoms with Gasteiger partial charge in [0.25, 0.3) is 0 Å². The van der Waals surface area contributed by atoms with Crippen LogP contribution in [0.5, 0.6) is 0 Å². The number of ketones is 1.